The number of quaternary nitrogens is 1. The van der Waals surface area contributed by atoms with E-state index in [1.807, 2.05) is 19.3 Å². The van der Waals surface area contributed by atoms with Crippen LogP contribution in [0.4, 0.5) is 5.82 Å². The van der Waals surface area contributed by atoms with Crippen LogP contribution in [-0.4, -0.2) is 28.2 Å². The number of aryl methyl sites for hydroxylation is 1. The summed E-state index contributed by atoms with van der Waals surface area (Å²) in [6.07, 6.45) is 8.95. The minimum Gasteiger partial charge on any atom is -1.00 e. The van der Waals surface area contributed by atoms with Crippen molar-refractivity contribution in [2.75, 3.05) is 6.26 Å². The number of aromatic nitrogens is 2. The van der Waals surface area contributed by atoms with Crippen molar-refractivity contribution in [3.63, 3.8) is 0 Å². The summed E-state index contributed by atoms with van der Waals surface area (Å²) in [5.41, 5.74) is 1.99. The van der Waals surface area contributed by atoms with Crippen LogP contribution in [0.25, 0.3) is 6.08 Å². The molecule has 0 radical (unpaired) electrons. The highest BCUT2D eigenvalue weighted by molar-refractivity contribution is 7.98. The van der Waals surface area contributed by atoms with E-state index in [0.29, 0.717) is 6.04 Å². The third-order valence-corrected chi connectivity index (χ3v) is 4.28. The van der Waals surface area contributed by atoms with Crippen molar-refractivity contribution in [2.24, 2.45) is 0 Å². The molecule has 3 rings (SSSR count). The number of fused-ring (bicyclic) bond motifs is 1. The molecule has 1 aliphatic heterocycles. The van der Waals surface area contributed by atoms with Gasteiger partial charge in [-0.15, -0.1) is 0 Å². The standard InChI is InChI=1S/C13H15N3OS.BrH/c1-8-10-6-7-11(17)16(9-4-3-5-9)12(10)15-13(14-8)18-2;/h6-7,9H,3-5H2,1-2H3;1H. The van der Waals surface area contributed by atoms with Crippen molar-refractivity contribution in [1.82, 2.24) is 9.97 Å². The Hall–Kier alpha value is -0.720. The second-order valence-electron chi connectivity index (χ2n) is 4.80. The smallest absolute Gasteiger partial charge is 0.343 e. The number of carbonyl (C=O) groups excluding carboxylic acids is 1. The number of rotatable bonds is 2. The minimum absolute atomic E-state index is 0. The van der Waals surface area contributed by atoms with Gasteiger partial charge in [-0.05, 0) is 25.7 Å². The lowest BCUT2D eigenvalue weighted by molar-refractivity contribution is -0.788. The van der Waals surface area contributed by atoms with Crippen LogP contribution in [0.1, 0.15) is 30.5 Å². The molecule has 1 aliphatic carbocycles. The SMILES string of the molecule is CSc1nc(C)c2c(n1)[NH+](C1CCC1)C(=O)C=C2.[Br-]. The molecule has 1 fully saturated rings. The van der Waals surface area contributed by atoms with Gasteiger partial charge >= 0.3 is 5.91 Å². The maximum absolute atomic E-state index is 12.1. The molecule has 19 heavy (non-hydrogen) atoms. The van der Waals surface area contributed by atoms with Crippen molar-refractivity contribution < 1.29 is 26.7 Å². The van der Waals surface area contributed by atoms with Gasteiger partial charge in [0.15, 0.2) is 5.16 Å². The molecule has 1 N–H and O–H groups in total. The molecule has 102 valence electrons. The van der Waals surface area contributed by atoms with Crippen molar-refractivity contribution in [2.45, 2.75) is 37.4 Å². The predicted octanol–water partition coefficient (Wildman–Crippen LogP) is -1.87. The van der Waals surface area contributed by atoms with Gasteiger partial charge < -0.3 is 17.0 Å². The van der Waals surface area contributed by atoms with E-state index < -0.39 is 0 Å². The van der Waals surface area contributed by atoms with Crippen molar-refractivity contribution in [3.05, 3.63) is 17.3 Å². The summed E-state index contributed by atoms with van der Waals surface area (Å²) >= 11 is 1.53. The van der Waals surface area contributed by atoms with Crippen LogP contribution in [0.5, 0.6) is 0 Å². The summed E-state index contributed by atoms with van der Waals surface area (Å²) in [5.74, 6) is 1.02. The van der Waals surface area contributed by atoms with E-state index in [2.05, 4.69) is 9.97 Å². The van der Waals surface area contributed by atoms with Gasteiger partial charge in [0.05, 0.1) is 11.3 Å². The molecule has 0 spiro atoms. The van der Waals surface area contributed by atoms with Crippen molar-refractivity contribution in [1.29, 1.82) is 0 Å². The van der Waals surface area contributed by atoms with Gasteiger partial charge in [0.1, 0.15) is 6.04 Å². The van der Waals surface area contributed by atoms with Gasteiger partial charge in [-0.3, -0.25) is 0 Å². The highest BCUT2D eigenvalue weighted by Crippen LogP contribution is 2.24. The van der Waals surface area contributed by atoms with Gasteiger partial charge in [-0.25, -0.2) is 14.7 Å². The molecule has 1 atom stereocenters. The Morgan fingerprint density at radius 3 is 2.63 bits per heavy atom. The molecule has 2 heterocycles. The van der Waals surface area contributed by atoms with E-state index in [-0.39, 0.29) is 22.9 Å². The second kappa shape index (κ2) is 5.73. The first kappa shape index (κ1) is 14.7. The van der Waals surface area contributed by atoms with E-state index in [0.717, 1.165) is 40.0 Å². The number of thioether (sulfide) groups is 1. The van der Waals surface area contributed by atoms with Crippen LogP contribution in [0.3, 0.4) is 0 Å². The molecule has 0 saturated heterocycles. The Morgan fingerprint density at radius 2 is 2.05 bits per heavy atom. The number of nitrogens with one attached hydrogen (secondary N) is 1. The molecule has 1 aromatic rings. The topological polar surface area (TPSA) is 47.3 Å². The van der Waals surface area contributed by atoms with Gasteiger partial charge in [-0.2, -0.15) is 4.98 Å². The highest BCUT2D eigenvalue weighted by atomic mass is 79.9. The van der Waals surface area contributed by atoms with Crippen LogP contribution >= 0.6 is 11.8 Å². The maximum atomic E-state index is 12.1. The fourth-order valence-corrected chi connectivity index (χ4v) is 2.92. The quantitative estimate of drug-likeness (QED) is 0.506. The summed E-state index contributed by atoms with van der Waals surface area (Å²) in [6.45, 7) is 1.98. The van der Waals surface area contributed by atoms with Crippen LogP contribution in [0.2, 0.25) is 0 Å². The average molecular weight is 342 g/mol. The Balaban J connectivity index is 0.00000133. The molecule has 2 aliphatic rings. The van der Waals surface area contributed by atoms with Crippen molar-refractivity contribution >= 4 is 29.6 Å². The molecule has 1 saturated carbocycles. The van der Waals surface area contributed by atoms with Gasteiger partial charge in [0.2, 0.25) is 5.82 Å². The van der Waals surface area contributed by atoms with E-state index in [9.17, 15) is 4.79 Å². The Kier molecular flexibility index (Phi) is 4.43. The molecule has 4 nitrogen and oxygen atoms in total. The van der Waals surface area contributed by atoms with Gasteiger partial charge in [-0.1, -0.05) is 11.8 Å². The summed E-state index contributed by atoms with van der Waals surface area (Å²) in [5, 5.41) is 0.756. The second-order valence-corrected chi connectivity index (χ2v) is 5.57. The number of hydrogen-bond donors (Lipinski definition) is 1. The number of halogens is 1. The summed E-state index contributed by atoms with van der Waals surface area (Å²) < 4.78 is 0. The zero-order chi connectivity index (χ0) is 12.7. The summed E-state index contributed by atoms with van der Waals surface area (Å²) in [7, 11) is 0. The average Bonchev–Trinajstić information content (AvgIpc) is 2.30. The fraction of sp³-hybridized carbons (Fsp3) is 0.462. The number of hydrogen-bond acceptors (Lipinski definition) is 4. The lowest BCUT2D eigenvalue weighted by Gasteiger charge is -2.32. The van der Waals surface area contributed by atoms with Crippen LogP contribution in [0.15, 0.2) is 11.2 Å². The first-order valence-corrected chi connectivity index (χ1v) is 7.45. The molecule has 6 heteroatoms. The van der Waals surface area contributed by atoms with Crippen LogP contribution in [-0.2, 0) is 4.79 Å². The molecule has 1 aromatic heterocycles. The maximum Gasteiger partial charge on any atom is 0.343 e. The van der Waals surface area contributed by atoms with Gasteiger partial charge in [0.25, 0.3) is 0 Å². The zero-order valence-electron chi connectivity index (χ0n) is 10.9. The van der Waals surface area contributed by atoms with Crippen LogP contribution < -0.4 is 21.9 Å². The lowest BCUT2D eigenvalue weighted by atomic mass is 9.90. The lowest BCUT2D eigenvalue weighted by Crippen LogP contribution is -3.15. The molecular weight excluding hydrogens is 326 g/mol. The third-order valence-electron chi connectivity index (χ3n) is 3.73. The molecule has 1 unspecified atom stereocenters. The van der Waals surface area contributed by atoms with E-state index in [1.165, 1.54) is 18.2 Å². The highest BCUT2D eigenvalue weighted by Gasteiger charge is 2.39. The van der Waals surface area contributed by atoms with E-state index in [4.69, 9.17) is 0 Å². The van der Waals surface area contributed by atoms with Crippen LogP contribution in [0, 0.1) is 6.92 Å². The third kappa shape index (κ3) is 2.49. The molecule has 0 bridgehead atoms. The Morgan fingerprint density at radius 1 is 1.32 bits per heavy atom. The normalized spacial score (nSPS) is 21.6. The fourth-order valence-electron chi connectivity index (χ4n) is 2.51. The minimum atomic E-state index is 0. The Bertz CT molecular complexity index is 543. The number of nitrogens with zero attached hydrogens (tertiary/aromatic N) is 2. The molecular formula is C13H16BrN3OS. The first-order valence-electron chi connectivity index (χ1n) is 6.23. The van der Waals surface area contributed by atoms with Crippen molar-refractivity contribution in [3.8, 4) is 0 Å². The Labute approximate surface area is 127 Å². The summed E-state index contributed by atoms with van der Waals surface area (Å²) in [4.78, 5) is 22.0. The molecule has 0 aromatic carbocycles. The largest absolute Gasteiger partial charge is 1.00 e. The van der Waals surface area contributed by atoms with E-state index in [1.54, 1.807) is 6.08 Å². The molecule has 1 amide bonds. The predicted molar refractivity (Wildman–Crippen MR) is 70.9 cm³/mol. The summed E-state index contributed by atoms with van der Waals surface area (Å²) in [6, 6.07) is 0.408. The zero-order valence-corrected chi connectivity index (χ0v) is 13.3. The first-order chi connectivity index (χ1) is 8.70. The number of carbonyl (C=O) groups is 1. The van der Waals surface area contributed by atoms with E-state index >= 15 is 0 Å². The number of amides is 1. The van der Waals surface area contributed by atoms with Gasteiger partial charge in [0, 0.05) is 18.9 Å². The monoisotopic (exact) mass is 341 g/mol.